The van der Waals surface area contributed by atoms with E-state index in [0.717, 1.165) is 12.1 Å². The highest BCUT2D eigenvalue weighted by atomic mass is 32.1. The number of carbonyl (C=O) groups excluding carboxylic acids is 1. The van der Waals surface area contributed by atoms with E-state index in [0.29, 0.717) is 0 Å². The van der Waals surface area contributed by atoms with Crippen molar-refractivity contribution in [2.24, 2.45) is 0 Å². The van der Waals surface area contributed by atoms with Crippen LogP contribution < -0.4 is 5.32 Å². The van der Waals surface area contributed by atoms with Gasteiger partial charge in [-0.15, -0.1) is 0 Å². The van der Waals surface area contributed by atoms with E-state index < -0.39 is 11.7 Å². The average molecular weight is 261 g/mol. The van der Waals surface area contributed by atoms with Gasteiger partial charge in [-0.25, -0.2) is 0 Å². The molecule has 0 saturated carbocycles. The molecular formula is C11H10F3NOS. The van der Waals surface area contributed by atoms with Crippen LogP contribution in [0.2, 0.25) is 0 Å². The lowest BCUT2D eigenvalue weighted by Crippen LogP contribution is -2.13. The van der Waals surface area contributed by atoms with Gasteiger partial charge >= 0.3 is 6.18 Å². The minimum Gasteiger partial charge on any atom is -0.350 e. The first kappa shape index (κ1) is 13.6. The van der Waals surface area contributed by atoms with E-state index in [-0.39, 0.29) is 22.9 Å². The van der Waals surface area contributed by atoms with E-state index in [2.05, 4.69) is 5.32 Å². The van der Waals surface area contributed by atoms with E-state index in [1.165, 1.54) is 19.1 Å². The number of benzene rings is 1. The molecule has 17 heavy (non-hydrogen) atoms. The van der Waals surface area contributed by atoms with E-state index in [1.54, 1.807) is 0 Å². The molecule has 0 aliphatic carbocycles. The summed E-state index contributed by atoms with van der Waals surface area (Å²) < 4.78 is 37.2. The van der Waals surface area contributed by atoms with Crippen LogP contribution in [0.25, 0.3) is 0 Å². The standard InChI is InChI=1S/C11H10F3NOS/c1-7(16)5-10(17)15-9-4-2-3-8(6-9)11(12,13)14/h2-4,6H,5H2,1H3,(H,15,17). The fraction of sp³-hybridized carbons (Fsp3) is 0.273. The number of alkyl halides is 3. The summed E-state index contributed by atoms with van der Waals surface area (Å²) in [5.74, 6) is -0.144. The second-order valence-corrected chi connectivity index (χ2v) is 4.00. The number of Topliss-reactive ketones (excluding diaryl/α,β-unsaturated/α-hetero) is 1. The van der Waals surface area contributed by atoms with Gasteiger partial charge in [0.05, 0.1) is 17.0 Å². The predicted octanol–water partition coefficient (Wildman–Crippen LogP) is 3.42. The lowest BCUT2D eigenvalue weighted by atomic mass is 10.2. The zero-order chi connectivity index (χ0) is 13.1. The van der Waals surface area contributed by atoms with E-state index >= 15 is 0 Å². The van der Waals surface area contributed by atoms with Crippen LogP contribution in [0.15, 0.2) is 24.3 Å². The largest absolute Gasteiger partial charge is 0.416 e. The van der Waals surface area contributed by atoms with Gasteiger partial charge in [-0.05, 0) is 25.1 Å². The second kappa shape index (κ2) is 5.27. The molecule has 1 N–H and O–H groups in total. The molecule has 0 spiro atoms. The average Bonchev–Trinajstić information content (AvgIpc) is 2.15. The van der Waals surface area contributed by atoms with Crippen molar-refractivity contribution in [2.45, 2.75) is 19.5 Å². The maximum absolute atomic E-state index is 12.4. The van der Waals surface area contributed by atoms with Gasteiger partial charge in [-0.3, -0.25) is 4.79 Å². The minimum absolute atomic E-state index is 0.0194. The van der Waals surface area contributed by atoms with Crippen LogP contribution in [0.5, 0.6) is 0 Å². The predicted molar refractivity (Wildman–Crippen MR) is 63.0 cm³/mol. The lowest BCUT2D eigenvalue weighted by Gasteiger charge is -2.10. The molecule has 0 radical (unpaired) electrons. The topological polar surface area (TPSA) is 29.1 Å². The smallest absolute Gasteiger partial charge is 0.350 e. The van der Waals surface area contributed by atoms with Crippen LogP contribution in [-0.4, -0.2) is 10.8 Å². The van der Waals surface area contributed by atoms with Crippen LogP contribution in [0.3, 0.4) is 0 Å². The molecule has 0 fully saturated rings. The molecular weight excluding hydrogens is 251 g/mol. The molecule has 0 heterocycles. The van der Waals surface area contributed by atoms with Crippen LogP contribution in [0.4, 0.5) is 18.9 Å². The quantitative estimate of drug-likeness (QED) is 0.845. The van der Waals surface area contributed by atoms with Crippen molar-refractivity contribution in [1.82, 2.24) is 0 Å². The molecule has 2 nitrogen and oxygen atoms in total. The van der Waals surface area contributed by atoms with Crippen molar-refractivity contribution in [2.75, 3.05) is 5.32 Å². The summed E-state index contributed by atoms with van der Waals surface area (Å²) >= 11 is 4.84. The van der Waals surface area contributed by atoms with Crippen molar-refractivity contribution in [3.8, 4) is 0 Å². The Kier molecular flexibility index (Phi) is 4.22. The second-order valence-electron chi connectivity index (χ2n) is 3.51. The summed E-state index contributed by atoms with van der Waals surface area (Å²) in [4.78, 5) is 11.0. The first-order valence-corrected chi connectivity index (χ1v) is 5.16. The fourth-order valence-electron chi connectivity index (χ4n) is 1.20. The summed E-state index contributed by atoms with van der Waals surface area (Å²) in [6.07, 6.45) is -4.37. The number of ketones is 1. The highest BCUT2D eigenvalue weighted by Gasteiger charge is 2.30. The van der Waals surface area contributed by atoms with Gasteiger partial charge in [0.15, 0.2) is 0 Å². The Morgan fingerprint density at radius 3 is 2.59 bits per heavy atom. The molecule has 0 unspecified atom stereocenters. The molecule has 0 saturated heterocycles. The number of thiocarbonyl (C=S) groups is 1. The van der Waals surface area contributed by atoms with Gasteiger partial charge in [-0.2, -0.15) is 13.2 Å². The summed E-state index contributed by atoms with van der Waals surface area (Å²) in [7, 11) is 0. The number of hydrogen-bond acceptors (Lipinski definition) is 2. The minimum atomic E-state index is -4.39. The van der Waals surface area contributed by atoms with Gasteiger partial charge in [0.2, 0.25) is 0 Å². The Hall–Kier alpha value is -1.43. The van der Waals surface area contributed by atoms with Crippen molar-refractivity contribution < 1.29 is 18.0 Å². The molecule has 0 bridgehead atoms. The van der Waals surface area contributed by atoms with Crippen molar-refractivity contribution in [1.29, 1.82) is 0 Å². The van der Waals surface area contributed by atoms with Crippen LogP contribution in [-0.2, 0) is 11.0 Å². The van der Waals surface area contributed by atoms with Crippen molar-refractivity contribution in [3.05, 3.63) is 29.8 Å². The van der Waals surface area contributed by atoms with E-state index in [9.17, 15) is 18.0 Å². The number of carbonyl (C=O) groups is 1. The molecule has 1 rings (SSSR count). The molecule has 0 aliphatic heterocycles. The number of anilines is 1. The van der Waals surface area contributed by atoms with Crippen LogP contribution in [0, 0.1) is 0 Å². The van der Waals surface area contributed by atoms with Crippen LogP contribution >= 0.6 is 12.2 Å². The molecule has 0 atom stereocenters. The molecule has 0 amide bonds. The fourth-order valence-corrected chi connectivity index (χ4v) is 1.53. The molecule has 0 aromatic heterocycles. The molecule has 6 heteroatoms. The summed E-state index contributed by atoms with van der Waals surface area (Å²) in [6, 6.07) is 4.66. The first-order chi connectivity index (χ1) is 7.79. The van der Waals surface area contributed by atoms with Gasteiger partial charge < -0.3 is 5.32 Å². The zero-order valence-corrected chi connectivity index (χ0v) is 9.78. The lowest BCUT2D eigenvalue weighted by molar-refractivity contribution is -0.137. The Labute approximate surface area is 102 Å². The Morgan fingerprint density at radius 1 is 1.41 bits per heavy atom. The third-order valence-corrected chi connectivity index (χ3v) is 2.13. The molecule has 0 aliphatic rings. The highest BCUT2D eigenvalue weighted by molar-refractivity contribution is 7.80. The maximum Gasteiger partial charge on any atom is 0.416 e. The Morgan fingerprint density at radius 2 is 2.06 bits per heavy atom. The number of halogens is 3. The van der Waals surface area contributed by atoms with Gasteiger partial charge in [0, 0.05) is 5.69 Å². The number of hydrogen-bond donors (Lipinski definition) is 1. The third-order valence-electron chi connectivity index (χ3n) is 1.88. The normalized spacial score (nSPS) is 11.1. The molecule has 1 aromatic carbocycles. The highest BCUT2D eigenvalue weighted by Crippen LogP contribution is 2.30. The third kappa shape index (κ3) is 4.52. The number of rotatable bonds is 3. The Bertz CT molecular complexity index is 443. The van der Waals surface area contributed by atoms with Gasteiger partial charge in [-0.1, -0.05) is 18.3 Å². The maximum atomic E-state index is 12.4. The molecule has 1 aromatic rings. The number of nitrogens with one attached hydrogen (secondary N) is 1. The van der Waals surface area contributed by atoms with E-state index in [1.807, 2.05) is 0 Å². The van der Waals surface area contributed by atoms with Gasteiger partial charge in [0.25, 0.3) is 0 Å². The Balaban J connectivity index is 2.79. The summed E-state index contributed by atoms with van der Waals surface area (Å²) in [5.41, 5.74) is -0.529. The summed E-state index contributed by atoms with van der Waals surface area (Å²) in [6.45, 7) is 1.36. The summed E-state index contributed by atoms with van der Waals surface area (Å²) in [5, 5.41) is 2.60. The first-order valence-electron chi connectivity index (χ1n) is 4.75. The van der Waals surface area contributed by atoms with Crippen molar-refractivity contribution in [3.63, 3.8) is 0 Å². The van der Waals surface area contributed by atoms with E-state index in [4.69, 9.17) is 12.2 Å². The molecule has 92 valence electrons. The zero-order valence-electron chi connectivity index (χ0n) is 8.97. The monoisotopic (exact) mass is 261 g/mol. The van der Waals surface area contributed by atoms with Crippen molar-refractivity contribution >= 4 is 28.7 Å². The SMILES string of the molecule is CC(=O)CC(=S)Nc1cccc(C(F)(F)F)c1. The van der Waals surface area contributed by atoms with Crippen LogP contribution in [0.1, 0.15) is 18.9 Å². The van der Waals surface area contributed by atoms with Gasteiger partial charge in [0.1, 0.15) is 5.78 Å².